The Morgan fingerprint density at radius 2 is 2.36 bits per heavy atom. The Bertz CT molecular complexity index is 198. The lowest BCUT2D eigenvalue weighted by atomic mass is 10.4. The number of hydrogen-bond acceptors (Lipinski definition) is 3. The second-order valence-corrected chi connectivity index (χ2v) is 3.58. The van der Waals surface area contributed by atoms with E-state index in [1.807, 2.05) is 13.0 Å². The van der Waals surface area contributed by atoms with Gasteiger partial charge in [-0.05, 0) is 19.9 Å². The topological polar surface area (TPSA) is 21.3 Å². The SMILES string of the molecule is C/C=C\C1=C(C)SC(OC)N1. The lowest BCUT2D eigenvalue weighted by Gasteiger charge is -2.07. The van der Waals surface area contributed by atoms with Gasteiger partial charge in [-0.3, -0.25) is 0 Å². The highest BCUT2D eigenvalue weighted by Crippen LogP contribution is 2.30. The first-order valence-electron chi connectivity index (χ1n) is 3.57. The Kier molecular flexibility index (Phi) is 3.02. The first-order valence-corrected chi connectivity index (χ1v) is 4.45. The van der Waals surface area contributed by atoms with E-state index in [-0.39, 0.29) is 5.56 Å². The molecule has 1 rings (SSSR count). The number of nitrogens with one attached hydrogen (secondary N) is 1. The highest BCUT2D eigenvalue weighted by Gasteiger charge is 2.18. The maximum Gasteiger partial charge on any atom is 0.180 e. The van der Waals surface area contributed by atoms with Crippen LogP contribution in [0, 0.1) is 0 Å². The largest absolute Gasteiger partial charge is 0.352 e. The van der Waals surface area contributed by atoms with Crippen LogP contribution in [0.5, 0.6) is 0 Å². The molecule has 0 aromatic rings. The molecule has 3 heteroatoms. The Hall–Kier alpha value is -0.410. The van der Waals surface area contributed by atoms with E-state index in [1.165, 1.54) is 10.6 Å². The molecule has 2 nitrogen and oxygen atoms in total. The van der Waals surface area contributed by atoms with Gasteiger partial charge in [-0.2, -0.15) is 0 Å². The molecule has 0 amide bonds. The molecule has 0 bridgehead atoms. The van der Waals surface area contributed by atoms with Crippen LogP contribution in [0.2, 0.25) is 0 Å². The standard InChI is InChI=1S/C8H13NOS/c1-4-5-7-6(2)11-8(9-7)10-3/h4-5,8-9H,1-3H3/b5-4-. The molecule has 0 saturated heterocycles. The highest BCUT2D eigenvalue weighted by atomic mass is 32.2. The molecule has 1 unspecified atom stereocenters. The molecule has 11 heavy (non-hydrogen) atoms. The van der Waals surface area contributed by atoms with Crippen LogP contribution < -0.4 is 5.32 Å². The second kappa shape index (κ2) is 3.83. The monoisotopic (exact) mass is 171 g/mol. The van der Waals surface area contributed by atoms with Crippen molar-refractivity contribution < 1.29 is 4.74 Å². The maximum absolute atomic E-state index is 5.13. The van der Waals surface area contributed by atoms with E-state index in [9.17, 15) is 0 Å². The lowest BCUT2D eigenvalue weighted by molar-refractivity contribution is 0.158. The smallest absolute Gasteiger partial charge is 0.180 e. The zero-order chi connectivity index (χ0) is 8.27. The van der Waals surface area contributed by atoms with Gasteiger partial charge in [0.2, 0.25) is 0 Å². The van der Waals surface area contributed by atoms with Gasteiger partial charge in [0, 0.05) is 17.7 Å². The summed E-state index contributed by atoms with van der Waals surface area (Å²) in [5.74, 6) is 0. The molecular weight excluding hydrogens is 158 g/mol. The van der Waals surface area contributed by atoms with Gasteiger partial charge in [0.25, 0.3) is 0 Å². The van der Waals surface area contributed by atoms with Crippen molar-refractivity contribution in [2.24, 2.45) is 0 Å². The van der Waals surface area contributed by atoms with E-state index in [2.05, 4.69) is 18.3 Å². The summed E-state index contributed by atoms with van der Waals surface area (Å²) in [6.07, 6.45) is 4.08. The van der Waals surface area contributed by atoms with Crippen molar-refractivity contribution >= 4 is 11.8 Å². The van der Waals surface area contributed by atoms with E-state index in [0.29, 0.717) is 0 Å². The highest BCUT2D eigenvalue weighted by molar-refractivity contribution is 8.03. The average Bonchev–Trinajstić information content (AvgIpc) is 2.33. The van der Waals surface area contributed by atoms with Gasteiger partial charge in [-0.25, -0.2) is 0 Å². The normalized spacial score (nSPS) is 24.8. The van der Waals surface area contributed by atoms with Crippen LogP contribution in [0.3, 0.4) is 0 Å². The Balaban J connectivity index is 2.59. The van der Waals surface area contributed by atoms with Crippen molar-refractivity contribution in [1.82, 2.24) is 5.32 Å². The zero-order valence-corrected chi connectivity index (χ0v) is 7.87. The van der Waals surface area contributed by atoms with Crippen LogP contribution in [0.4, 0.5) is 0 Å². The Morgan fingerprint density at radius 1 is 1.64 bits per heavy atom. The van der Waals surface area contributed by atoms with Crippen LogP contribution in [0.25, 0.3) is 0 Å². The fourth-order valence-corrected chi connectivity index (χ4v) is 1.78. The van der Waals surface area contributed by atoms with Crippen molar-refractivity contribution in [3.8, 4) is 0 Å². The van der Waals surface area contributed by atoms with E-state index < -0.39 is 0 Å². The predicted octanol–water partition coefficient (Wildman–Crippen LogP) is 2.06. The van der Waals surface area contributed by atoms with Crippen LogP contribution >= 0.6 is 11.8 Å². The molecule has 0 aliphatic carbocycles. The van der Waals surface area contributed by atoms with E-state index >= 15 is 0 Å². The number of methoxy groups -OCH3 is 1. The molecule has 1 heterocycles. The Morgan fingerprint density at radius 3 is 2.82 bits per heavy atom. The van der Waals surface area contributed by atoms with Gasteiger partial charge in [0.05, 0.1) is 0 Å². The first kappa shape index (κ1) is 8.68. The van der Waals surface area contributed by atoms with Gasteiger partial charge in [-0.15, -0.1) is 0 Å². The Labute approximate surface area is 71.7 Å². The molecule has 0 fully saturated rings. The van der Waals surface area contributed by atoms with Crippen molar-refractivity contribution in [3.05, 3.63) is 22.8 Å². The number of allylic oxidation sites excluding steroid dienone is 3. The molecular formula is C8H13NOS. The van der Waals surface area contributed by atoms with Crippen molar-refractivity contribution in [3.63, 3.8) is 0 Å². The minimum Gasteiger partial charge on any atom is -0.352 e. The zero-order valence-electron chi connectivity index (χ0n) is 7.05. The van der Waals surface area contributed by atoms with Crippen LogP contribution in [0.1, 0.15) is 13.8 Å². The number of rotatable bonds is 2. The first-order chi connectivity index (χ1) is 5.27. The minimum absolute atomic E-state index is 0.0983. The summed E-state index contributed by atoms with van der Waals surface area (Å²) in [7, 11) is 1.70. The fraction of sp³-hybridized carbons (Fsp3) is 0.500. The number of thioether (sulfide) groups is 1. The fourth-order valence-electron chi connectivity index (χ4n) is 0.921. The average molecular weight is 171 g/mol. The van der Waals surface area contributed by atoms with Gasteiger partial charge in [-0.1, -0.05) is 17.8 Å². The summed E-state index contributed by atoms with van der Waals surface area (Å²) < 4.78 is 5.13. The molecule has 1 atom stereocenters. The number of hydrogen-bond donors (Lipinski definition) is 1. The third-order valence-corrected chi connectivity index (χ3v) is 2.58. The third kappa shape index (κ3) is 2.01. The van der Waals surface area contributed by atoms with Gasteiger partial charge >= 0.3 is 0 Å². The third-order valence-electron chi connectivity index (χ3n) is 1.48. The number of ether oxygens (including phenoxy) is 1. The van der Waals surface area contributed by atoms with Gasteiger partial charge in [0.15, 0.2) is 5.56 Å². The quantitative estimate of drug-likeness (QED) is 0.687. The molecule has 0 spiro atoms. The van der Waals surface area contributed by atoms with E-state index in [0.717, 1.165) is 0 Å². The summed E-state index contributed by atoms with van der Waals surface area (Å²) in [4.78, 5) is 1.29. The molecule has 0 aromatic carbocycles. The summed E-state index contributed by atoms with van der Waals surface area (Å²) >= 11 is 1.71. The maximum atomic E-state index is 5.13. The molecule has 62 valence electrons. The van der Waals surface area contributed by atoms with Crippen LogP contribution in [-0.2, 0) is 4.74 Å². The molecule has 1 aliphatic rings. The minimum atomic E-state index is 0.0983. The van der Waals surface area contributed by atoms with Gasteiger partial charge in [0.1, 0.15) is 0 Å². The van der Waals surface area contributed by atoms with E-state index in [4.69, 9.17) is 4.74 Å². The molecule has 1 aliphatic heterocycles. The van der Waals surface area contributed by atoms with E-state index in [1.54, 1.807) is 18.9 Å². The van der Waals surface area contributed by atoms with Crippen LogP contribution in [-0.4, -0.2) is 12.7 Å². The lowest BCUT2D eigenvalue weighted by Crippen LogP contribution is -2.20. The summed E-state index contributed by atoms with van der Waals surface area (Å²) in [5.41, 5.74) is 1.27. The molecule has 0 saturated carbocycles. The van der Waals surface area contributed by atoms with Gasteiger partial charge < -0.3 is 10.1 Å². The summed E-state index contributed by atoms with van der Waals surface area (Å²) in [6, 6.07) is 0. The summed E-state index contributed by atoms with van der Waals surface area (Å²) in [5, 5.41) is 3.22. The predicted molar refractivity (Wildman–Crippen MR) is 49.0 cm³/mol. The van der Waals surface area contributed by atoms with Crippen molar-refractivity contribution in [1.29, 1.82) is 0 Å². The molecule has 0 radical (unpaired) electrons. The molecule has 1 N–H and O–H groups in total. The van der Waals surface area contributed by atoms with Crippen LogP contribution in [0.15, 0.2) is 22.8 Å². The van der Waals surface area contributed by atoms with Crippen molar-refractivity contribution in [2.45, 2.75) is 19.4 Å². The summed E-state index contributed by atoms with van der Waals surface area (Å²) in [6.45, 7) is 4.10. The molecule has 0 aromatic heterocycles. The second-order valence-electron chi connectivity index (χ2n) is 2.30. The van der Waals surface area contributed by atoms with Crippen molar-refractivity contribution in [2.75, 3.05) is 7.11 Å².